The molecule has 0 saturated carbocycles. The van der Waals surface area contributed by atoms with Crippen molar-refractivity contribution in [2.45, 2.75) is 61.6 Å². The van der Waals surface area contributed by atoms with Gasteiger partial charge in [-0.25, -0.2) is 0 Å². The molecule has 4 heteroatoms. The van der Waals surface area contributed by atoms with E-state index in [0.29, 0.717) is 11.8 Å². The van der Waals surface area contributed by atoms with Gasteiger partial charge in [0, 0.05) is 0 Å². The number of hydrogen-bond donors (Lipinski definition) is 0. The van der Waals surface area contributed by atoms with E-state index in [1.807, 2.05) is 0 Å². The van der Waals surface area contributed by atoms with E-state index in [-0.39, 0.29) is 7.25 Å². The first-order valence-corrected chi connectivity index (χ1v) is 32.3. The zero-order valence-corrected chi connectivity index (χ0v) is 38.8. The van der Waals surface area contributed by atoms with Crippen molar-refractivity contribution in [3.63, 3.8) is 0 Å². The predicted octanol–water partition coefficient (Wildman–Crippen LogP) is 12.7. The number of allylic oxidation sites excluding steroid dienone is 2. The molecule has 6 aromatic rings. The fourth-order valence-electron chi connectivity index (χ4n) is 10.8. The molecule has 2 unspecified atom stereocenters. The van der Waals surface area contributed by atoms with Crippen molar-refractivity contribution in [1.82, 2.24) is 0 Å². The van der Waals surface area contributed by atoms with Gasteiger partial charge in [-0.1, -0.05) is 0 Å². The van der Waals surface area contributed by atoms with Gasteiger partial charge in [-0.3, -0.25) is 0 Å². The van der Waals surface area contributed by atoms with Crippen LogP contribution in [0.15, 0.2) is 139 Å². The molecule has 1 heterocycles. The zero-order valence-electron chi connectivity index (χ0n) is 33.5. The van der Waals surface area contributed by atoms with E-state index in [0.717, 1.165) is 12.8 Å². The van der Waals surface area contributed by atoms with E-state index in [1.54, 1.807) is 0 Å². The van der Waals surface area contributed by atoms with Crippen LogP contribution in [0.5, 0.6) is 0 Å². The predicted molar refractivity (Wildman–Crippen MR) is 245 cm³/mol. The molecular formula is C52H51Cl2SiZr. The molecule has 0 fully saturated rings. The number of rotatable bonds is 9. The summed E-state index contributed by atoms with van der Waals surface area (Å²) >= 11 is -5.62. The second kappa shape index (κ2) is 14.4. The summed E-state index contributed by atoms with van der Waals surface area (Å²) in [7, 11) is 17.8. The van der Waals surface area contributed by atoms with Crippen LogP contribution in [-0.4, -0.2) is 9.52 Å². The molecule has 0 saturated heterocycles. The molecule has 2 atom stereocenters. The van der Waals surface area contributed by atoms with Crippen LogP contribution in [0.3, 0.4) is 0 Å². The monoisotopic (exact) mass is 863 g/mol. The van der Waals surface area contributed by atoms with Gasteiger partial charge >= 0.3 is 348 Å². The number of aryl methyl sites for hydroxylation is 2. The van der Waals surface area contributed by atoms with Gasteiger partial charge in [-0.2, -0.15) is 0 Å². The summed E-state index contributed by atoms with van der Waals surface area (Å²) < 4.78 is 1.13. The Morgan fingerprint density at radius 1 is 0.500 bits per heavy atom. The topological polar surface area (TPSA) is 0 Å². The molecule has 56 heavy (non-hydrogen) atoms. The number of fused-ring (bicyclic) bond motifs is 5. The summed E-state index contributed by atoms with van der Waals surface area (Å²) in [5.41, 5.74) is 18.5. The third-order valence-corrected chi connectivity index (χ3v) is 35.7. The number of halogens is 2. The summed E-state index contributed by atoms with van der Waals surface area (Å²) in [5.74, 6) is 0.892. The summed E-state index contributed by atoms with van der Waals surface area (Å²) in [6, 6.07) is 47.6. The van der Waals surface area contributed by atoms with Gasteiger partial charge in [0.05, 0.1) is 0 Å². The van der Waals surface area contributed by atoms with Gasteiger partial charge in [0.2, 0.25) is 0 Å². The Balaban J connectivity index is 1.39. The van der Waals surface area contributed by atoms with Crippen LogP contribution in [0.2, 0.25) is 0 Å². The molecule has 0 aromatic heterocycles. The molecule has 0 radical (unpaired) electrons. The van der Waals surface area contributed by atoms with Crippen molar-refractivity contribution in [2.75, 3.05) is 0 Å². The molecule has 2 aliphatic carbocycles. The number of benzene rings is 6. The van der Waals surface area contributed by atoms with Crippen LogP contribution in [-0.2, 0) is 16.4 Å². The van der Waals surface area contributed by atoms with Crippen LogP contribution < -0.4 is 13.6 Å². The van der Waals surface area contributed by atoms with Gasteiger partial charge in [0.1, 0.15) is 0 Å². The quantitative estimate of drug-likeness (QED) is 0.127. The second-order valence-electron chi connectivity index (χ2n) is 17.6. The average molecular weight is 866 g/mol. The van der Waals surface area contributed by atoms with Crippen molar-refractivity contribution >= 4 is 52.3 Å². The Kier molecular flexibility index (Phi) is 9.77. The summed E-state index contributed by atoms with van der Waals surface area (Å²) in [5, 5.41) is 2.97. The summed E-state index contributed by atoms with van der Waals surface area (Å²) in [4.78, 5) is 0. The molecule has 0 N–H and O–H groups in total. The fourth-order valence-corrected chi connectivity index (χ4v) is 38.6. The molecule has 0 nitrogen and oxygen atoms in total. The van der Waals surface area contributed by atoms with Crippen LogP contribution in [0.25, 0.3) is 45.5 Å². The van der Waals surface area contributed by atoms with E-state index in [4.69, 9.17) is 0 Å². The zero-order chi connectivity index (χ0) is 39.0. The Morgan fingerprint density at radius 2 is 0.929 bits per heavy atom. The average Bonchev–Trinajstić information content (AvgIpc) is 3.86. The maximum absolute atomic E-state index is 9.35. The molecule has 0 amide bonds. The van der Waals surface area contributed by atoms with E-state index < -0.39 is 25.9 Å². The van der Waals surface area contributed by atoms with Crippen molar-refractivity contribution in [1.29, 1.82) is 0 Å². The Hall–Kier alpha value is -3.52. The molecule has 281 valence electrons. The standard InChI is InChI=1S/2C20H21.C12H9Si.2ClH.Zr/c2*1-14(2)11-16-12-17-8-6-10-19(20(17)13-16)18-9-5-4-7-15(18)3;1-3-7-11-9(5-1)10-6-2-4-8-12(10)13-11;;;/h2*4-10,12-14H,11H2,1-3H3;1-7H,13H2;2*1H;/q;;;;;+2/p-2. The van der Waals surface area contributed by atoms with Crippen LogP contribution in [0, 0.1) is 25.7 Å². The first-order chi connectivity index (χ1) is 26.9. The van der Waals surface area contributed by atoms with Gasteiger partial charge in [0.15, 0.2) is 0 Å². The minimum absolute atomic E-state index is 0.0843. The molecule has 0 spiro atoms. The Labute approximate surface area is 344 Å². The molecule has 1 aliphatic heterocycles. The first kappa shape index (κ1) is 38.0. The van der Waals surface area contributed by atoms with Gasteiger partial charge in [-0.05, 0) is 0 Å². The summed E-state index contributed by atoms with van der Waals surface area (Å²) in [6.45, 7) is 13.9. The van der Waals surface area contributed by atoms with Crippen molar-refractivity contribution in [3.05, 3.63) is 172 Å². The molecular weight excluding hydrogens is 815 g/mol. The third kappa shape index (κ3) is 6.00. The molecule has 6 aromatic carbocycles. The van der Waals surface area contributed by atoms with Gasteiger partial charge < -0.3 is 0 Å². The van der Waals surface area contributed by atoms with Crippen LogP contribution >= 0.6 is 17.0 Å². The fraction of sp³-hybridized carbons (Fsp3) is 0.231. The van der Waals surface area contributed by atoms with Crippen molar-refractivity contribution in [2.24, 2.45) is 11.8 Å². The number of hydrogen-bond acceptors (Lipinski definition) is 0. The SMILES string of the molecule is Cc1ccccc1-c1cccc2c1C=C(CC(C)C)[CH]2[Zr]([Cl])([Cl])([c]1cccc2c1[SiH2]c1ccccc1-2)[CH]1C(CC(C)C)=Cc2c(-c3ccccc3C)cccc21. The van der Waals surface area contributed by atoms with Gasteiger partial charge in [0.25, 0.3) is 0 Å². The second-order valence-corrected chi connectivity index (χ2v) is 40.0. The molecule has 3 aliphatic rings. The van der Waals surface area contributed by atoms with Gasteiger partial charge in [-0.15, -0.1) is 0 Å². The minimum atomic E-state index is -5.62. The molecule has 9 rings (SSSR count). The third-order valence-electron chi connectivity index (χ3n) is 12.9. The van der Waals surface area contributed by atoms with E-state index in [9.17, 15) is 17.0 Å². The maximum atomic E-state index is 9.35. The van der Waals surface area contributed by atoms with Crippen LogP contribution in [0.4, 0.5) is 0 Å². The van der Waals surface area contributed by atoms with E-state index >= 15 is 0 Å². The van der Waals surface area contributed by atoms with E-state index in [1.165, 1.54) is 91.6 Å². The Morgan fingerprint density at radius 3 is 1.43 bits per heavy atom. The van der Waals surface area contributed by atoms with Crippen molar-refractivity contribution in [3.8, 4) is 33.4 Å². The van der Waals surface area contributed by atoms with E-state index in [2.05, 4.69) is 181 Å². The van der Waals surface area contributed by atoms with Crippen LogP contribution in [0.1, 0.15) is 81.2 Å². The Bertz CT molecular complexity index is 2480. The van der Waals surface area contributed by atoms with Crippen molar-refractivity contribution < 1.29 is 16.4 Å². The normalized spacial score (nSPS) is 18.0. The summed E-state index contributed by atoms with van der Waals surface area (Å²) in [6.07, 6.45) is 6.96. The first-order valence-electron chi connectivity index (χ1n) is 20.5. The molecule has 0 bridgehead atoms.